The average molecular weight is 736 g/mol. The van der Waals surface area contributed by atoms with Gasteiger partial charge in [0.2, 0.25) is 11.7 Å². The zero-order valence-corrected chi connectivity index (χ0v) is 33.9. The predicted octanol–water partition coefficient (Wildman–Crippen LogP) is 11.2. The number of benzene rings is 5. The van der Waals surface area contributed by atoms with Crippen molar-refractivity contribution in [3.8, 4) is 28.3 Å². The number of aryl methyl sites for hydroxylation is 2. The molecule has 0 amide bonds. The third-order valence-electron chi connectivity index (χ3n) is 12.2. The molecule has 5 heterocycles. The van der Waals surface area contributed by atoms with E-state index in [0.29, 0.717) is 5.92 Å². The van der Waals surface area contributed by atoms with Crippen molar-refractivity contribution in [1.29, 1.82) is 0 Å². The molecule has 5 heteroatoms. The maximum atomic E-state index is 6.95. The van der Waals surface area contributed by atoms with Crippen molar-refractivity contribution in [2.24, 2.45) is 5.92 Å². The highest BCUT2D eigenvalue weighted by atomic mass is 28.3. The molecular formula is C50H49N3OSi+2. The van der Waals surface area contributed by atoms with Gasteiger partial charge in [0.1, 0.15) is 16.8 Å². The summed E-state index contributed by atoms with van der Waals surface area (Å²) in [7, 11) is -1.75. The van der Waals surface area contributed by atoms with Crippen LogP contribution in [0.15, 0.2) is 132 Å². The smallest absolute Gasteiger partial charge is 0.304 e. The molecule has 272 valence electrons. The number of fused-ring (bicyclic) bond motifs is 15. The van der Waals surface area contributed by atoms with Crippen molar-refractivity contribution in [2.45, 2.75) is 71.6 Å². The Kier molecular flexibility index (Phi) is 7.73. The van der Waals surface area contributed by atoms with Crippen LogP contribution in [0.25, 0.3) is 67.0 Å². The van der Waals surface area contributed by atoms with E-state index in [-0.39, 0.29) is 12.0 Å². The highest BCUT2D eigenvalue weighted by Gasteiger charge is 2.48. The second-order valence-corrected chi connectivity index (χ2v) is 22.5. The first-order valence-electron chi connectivity index (χ1n) is 20.0. The molecule has 10 rings (SSSR count). The van der Waals surface area contributed by atoms with Gasteiger partial charge in [-0.15, -0.1) is 0 Å². The molecule has 2 atom stereocenters. The maximum Gasteiger partial charge on any atom is 0.304 e. The van der Waals surface area contributed by atoms with Crippen molar-refractivity contribution in [1.82, 2.24) is 4.57 Å². The molecule has 2 unspecified atom stereocenters. The Bertz CT molecular complexity index is 2850. The third-order valence-corrected chi connectivity index (χ3v) is 14.3. The molecule has 55 heavy (non-hydrogen) atoms. The molecule has 4 nitrogen and oxygen atoms in total. The van der Waals surface area contributed by atoms with Crippen LogP contribution in [-0.2, 0) is 12.8 Å². The lowest BCUT2D eigenvalue weighted by atomic mass is 9.78. The lowest BCUT2D eigenvalue weighted by Crippen LogP contribution is -2.57. The first-order valence-corrected chi connectivity index (χ1v) is 23.5. The molecule has 0 fully saturated rings. The fourth-order valence-corrected chi connectivity index (χ4v) is 11.5. The maximum absolute atomic E-state index is 6.95. The van der Waals surface area contributed by atoms with Gasteiger partial charge in [0.15, 0.2) is 28.5 Å². The van der Waals surface area contributed by atoms with E-state index in [1.807, 2.05) is 0 Å². The summed E-state index contributed by atoms with van der Waals surface area (Å²) in [5, 5.41) is 3.84. The number of imidazole rings is 1. The highest BCUT2D eigenvalue weighted by molar-refractivity contribution is 6.89. The molecule has 0 spiro atoms. The summed E-state index contributed by atoms with van der Waals surface area (Å²) in [6, 6.07) is 42.6. The summed E-state index contributed by atoms with van der Waals surface area (Å²) in [4.78, 5) is 0. The predicted molar refractivity (Wildman–Crippen MR) is 230 cm³/mol. The van der Waals surface area contributed by atoms with Crippen LogP contribution in [0.1, 0.15) is 54.5 Å². The number of hydrogen-bond donors (Lipinski definition) is 0. The molecule has 0 bridgehead atoms. The summed E-state index contributed by atoms with van der Waals surface area (Å²) >= 11 is 0. The summed E-state index contributed by atoms with van der Waals surface area (Å²) in [5.74, 6) is 1.88. The molecule has 0 saturated carbocycles. The van der Waals surface area contributed by atoms with E-state index in [1.165, 1.54) is 33.5 Å². The van der Waals surface area contributed by atoms with Crippen LogP contribution in [-0.4, -0.2) is 12.6 Å². The SMILES string of the molecule is C=C1C2C(CCc3ccc4c(oc5ccccc54)c3-c3n(-c4ccccc4)c4ccccc4[n+]31)c1ccc(C)cc1-c1cc(CC(C)C)c([Si](C)(C)C)c[n+]12. The van der Waals surface area contributed by atoms with E-state index in [4.69, 9.17) is 11.0 Å². The molecular weight excluding hydrogens is 687 g/mol. The molecule has 0 radical (unpaired) electrons. The Hall–Kier alpha value is -5.52. The first kappa shape index (κ1) is 34.0. The van der Waals surface area contributed by atoms with Crippen LogP contribution < -0.4 is 14.3 Å². The fraction of sp³-hybridized carbons (Fsp3) is 0.240. The lowest BCUT2D eigenvalue weighted by molar-refractivity contribution is -0.723. The summed E-state index contributed by atoms with van der Waals surface area (Å²) in [5.41, 5.74) is 15.7. The van der Waals surface area contributed by atoms with E-state index < -0.39 is 8.07 Å². The summed E-state index contributed by atoms with van der Waals surface area (Å²) in [6.45, 7) is 19.7. The number of aromatic nitrogens is 3. The van der Waals surface area contributed by atoms with Gasteiger partial charge < -0.3 is 4.42 Å². The number of para-hydroxylation sites is 4. The van der Waals surface area contributed by atoms with Crippen LogP contribution in [0.3, 0.4) is 0 Å². The van der Waals surface area contributed by atoms with Gasteiger partial charge in [-0.1, -0.05) is 112 Å². The minimum Gasteiger partial charge on any atom is -0.455 e. The minimum absolute atomic E-state index is 0.00679. The van der Waals surface area contributed by atoms with E-state index in [1.54, 1.807) is 5.19 Å². The lowest BCUT2D eigenvalue weighted by Gasteiger charge is -2.32. The number of allylic oxidation sites excluding steroid dienone is 1. The van der Waals surface area contributed by atoms with E-state index in [9.17, 15) is 0 Å². The molecule has 0 aliphatic carbocycles. The summed E-state index contributed by atoms with van der Waals surface area (Å²) in [6.07, 6.45) is 5.54. The first-order chi connectivity index (χ1) is 26.6. The van der Waals surface area contributed by atoms with Gasteiger partial charge in [0, 0.05) is 22.0 Å². The molecule has 2 aliphatic heterocycles. The number of furan rings is 1. The standard InChI is InChI=1S/C50H49N3OSi/c1-31(2)27-35-29-44-41-28-32(3)21-24-37(41)39-25-22-34-23-26-40-38-17-11-14-20-45(38)54-49(40)47(34)50-52(33(4)48(39)51(44)30-46(35)55(5,6)7)42-18-12-13-19-43(42)53(50)36-15-9-8-10-16-36/h8-21,23-24,26,28-31,39,48H,4,22,25,27H2,1-3,5-7H3/q+2. The van der Waals surface area contributed by atoms with Crippen molar-refractivity contribution in [2.75, 3.05) is 0 Å². The van der Waals surface area contributed by atoms with Crippen molar-refractivity contribution in [3.63, 3.8) is 0 Å². The average Bonchev–Trinajstić information content (AvgIpc) is 3.72. The van der Waals surface area contributed by atoms with Crippen molar-refractivity contribution in [3.05, 3.63) is 150 Å². The van der Waals surface area contributed by atoms with Gasteiger partial charge in [-0.25, -0.2) is 0 Å². The second kappa shape index (κ2) is 12.5. The largest absolute Gasteiger partial charge is 0.455 e. The van der Waals surface area contributed by atoms with Gasteiger partial charge >= 0.3 is 5.82 Å². The number of hydrogen-bond acceptors (Lipinski definition) is 1. The van der Waals surface area contributed by atoms with E-state index >= 15 is 0 Å². The Labute approximate surface area is 325 Å². The van der Waals surface area contributed by atoms with Crippen LogP contribution in [0.5, 0.6) is 0 Å². The van der Waals surface area contributed by atoms with E-state index in [0.717, 1.165) is 75.0 Å². The van der Waals surface area contributed by atoms with Crippen LogP contribution >= 0.6 is 0 Å². The Morgan fingerprint density at radius 3 is 2.42 bits per heavy atom. The van der Waals surface area contributed by atoms with Crippen LogP contribution in [0.4, 0.5) is 0 Å². The Balaban J connectivity index is 1.35. The van der Waals surface area contributed by atoms with Gasteiger partial charge in [-0.3, -0.25) is 0 Å². The normalized spacial score (nSPS) is 16.7. The molecule has 2 aliphatic rings. The minimum atomic E-state index is -1.75. The van der Waals surface area contributed by atoms with Crippen LogP contribution in [0.2, 0.25) is 19.6 Å². The third kappa shape index (κ3) is 5.23. The molecule has 3 aromatic heterocycles. The van der Waals surface area contributed by atoms with Gasteiger partial charge in [-0.05, 0) is 91.8 Å². The second-order valence-electron chi connectivity index (χ2n) is 17.4. The monoisotopic (exact) mass is 735 g/mol. The summed E-state index contributed by atoms with van der Waals surface area (Å²) < 4.78 is 14.6. The number of pyridine rings is 1. The Morgan fingerprint density at radius 1 is 0.855 bits per heavy atom. The van der Waals surface area contributed by atoms with Crippen molar-refractivity contribution < 1.29 is 13.6 Å². The topological polar surface area (TPSA) is 25.8 Å². The highest BCUT2D eigenvalue weighted by Crippen LogP contribution is 2.48. The fourth-order valence-electron chi connectivity index (χ4n) is 9.87. The van der Waals surface area contributed by atoms with E-state index in [2.05, 4.69) is 176 Å². The molecule has 0 N–H and O–H groups in total. The van der Waals surface area contributed by atoms with Crippen LogP contribution in [0, 0.1) is 12.8 Å². The van der Waals surface area contributed by atoms with Gasteiger partial charge in [-0.2, -0.15) is 13.7 Å². The Morgan fingerprint density at radius 2 is 1.62 bits per heavy atom. The molecule has 8 aromatic rings. The zero-order chi connectivity index (χ0) is 37.7. The molecule has 5 aromatic carbocycles. The number of nitrogens with zero attached hydrogens (tertiary/aromatic N) is 3. The molecule has 0 saturated heterocycles. The van der Waals surface area contributed by atoms with Gasteiger partial charge in [0.05, 0.1) is 19.6 Å². The van der Waals surface area contributed by atoms with Gasteiger partial charge in [0.25, 0.3) is 0 Å². The zero-order valence-electron chi connectivity index (χ0n) is 32.9. The van der Waals surface area contributed by atoms with Crippen molar-refractivity contribution >= 4 is 51.9 Å². The number of rotatable bonds is 4. The quantitative estimate of drug-likeness (QED) is 0.131.